The van der Waals surface area contributed by atoms with Gasteiger partial charge in [0.05, 0.1) is 26.4 Å². The molecule has 0 heterocycles. The molecule has 2 unspecified atom stereocenters. The van der Waals surface area contributed by atoms with Gasteiger partial charge >= 0.3 is 39.5 Å². The van der Waals surface area contributed by atoms with Gasteiger partial charge in [-0.15, -0.1) is 0 Å². The number of phosphoric acid groups is 2. The highest BCUT2D eigenvalue weighted by molar-refractivity contribution is 7.47. The van der Waals surface area contributed by atoms with Crippen molar-refractivity contribution in [1.29, 1.82) is 0 Å². The van der Waals surface area contributed by atoms with E-state index in [4.69, 9.17) is 37.0 Å². The first kappa shape index (κ1) is 83.1. The van der Waals surface area contributed by atoms with Crippen molar-refractivity contribution in [2.24, 2.45) is 5.92 Å². The van der Waals surface area contributed by atoms with Crippen LogP contribution in [0.2, 0.25) is 0 Å². The van der Waals surface area contributed by atoms with Gasteiger partial charge in [0, 0.05) is 25.7 Å². The summed E-state index contributed by atoms with van der Waals surface area (Å²) < 4.78 is 68.0. The zero-order valence-electron chi connectivity index (χ0n) is 54.7. The number of hydrogen-bond acceptors (Lipinski definition) is 15. The number of aliphatic hydroxyl groups excluding tert-OH is 1. The quantitative estimate of drug-likeness (QED) is 0.0222. The Morgan fingerprint density at radius 3 is 0.800 bits per heavy atom. The van der Waals surface area contributed by atoms with E-state index in [2.05, 4.69) is 34.6 Å². The van der Waals surface area contributed by atoms with E-state index >= 15 is 0 Å². The second-order valence-corrected chi connectivity index (χ2v) is 27.2. The Labute approximate surface area is 517 Å². The molecule has 0 spiro atoms. The third kappa shape index (κ3) is 60.7. The second-order valence-electron chi connectivity index (χ2n) is 24.3. The third-order valence-corrected chi connectivity index (χ3v) is 17.2. The maximum absolute atomic E-state index is 13.0. The van der Waals surface area contributed by atoms with E-state index in [0.29, 0.717) is 25.7 Å². The molecule has 0 aliphatic rings. The van der Waals surface area contributed by atoms with Gasteiger partial charge in [-0.05, 0) is 31.6 Å². The van der Waals surface area contributed by atoms with Crippen LogP contribution in [-0.4, -0.2) is 96.7 Å². The molecule has 3 N–H and O–H groups in total. The summed E-state index contributed by atoms with van der Waals surface area (Å²) >= 11 is 0. The van der Waals surface area contributed by atoms with E-state index in [1.165, 1.54) is 154 Å². The van der Waals surface area contributed by atoms with E-state index in [0.717, 1.165) is 102 Å². The van der Waals surface area contributed by atoms with Crippen LogP contribution in [0, 0.1) is 5.92 Å². The molecule has 0 aliphatic carbocycles. The van der Waals surface area contributed by atoms with Crippen molar-refractivity contribution < 1.29 is 80.2 Å². The SMILES string of the molecule is CCCCCCCCCCCCCCCCC(=O)O[C@H](COC(=O)CCCCCCCCCCCCC(C)C)COP(=O)(O)OC[C@@H](O)COP(=O)(O)OC[C@@H](COC(=O)CCCCCCCCCC)OC(=O)CCCCCCCCCCCC. The summed E-state index contributed by atoms with van der Waals surface area (Å²) in [5, 5.41) is 10.5. The predicted octanol–water partition coefficient (Wildman–Crippen LogP) is 18.6. The van der Waals surface area contributed by atoms with Crippen molar-refractivity contribution in [3.8, 4) is 0 Å². The Bertz CT molecular complexity index is 1650. The third-order valence-electron chi connectivity index (χ3n) is 15.3. The standard InChI is InChI=1S/C66H128O17P2/c1-6-9-12-15-18-21-23-24-25-26-32-37-42-47-52-66(71)83-62(56-77-64(69)50-45-40-35-31-28-27-29-33-38-43-48-59(4)5)58-81-85(74,75)79-54-60(67)53-78-84(72,73)80-57-61(55-76-63(68)49-44-39-34-20-17-14-11-8-3)82-65(70)51-46-41-36-30-22-19-16-13-10-7-2/h59-62,67H,6-58H2,1-5H3,(H,72,73)(H,74,75)/t60-,61+,62+/m0/s1. The van der Waals surface area contributed by atoms with E-state index in [-0.39, 0.29) is 25.7 Å². The average molecular weight is 1260 g/mol. The Morgan fingerprint density at radius 2 is 0.541 bits per heavy atom. The van der Waals surface area contributed by atoms with Crippen LogP contribution in [0.3, 0.4) is 0 Å². The molecule has 0 amide bonds. The number of unbranched alkanes of at least 4 members (excludes halogenated alkanes) is 38. The molecule has 0 saturated heterocycles. The number of rotatable bonds is 66. The van der Waals surface area contributed by atoms with Gasteiger partial charge in [-0.2, -0.15) is 0 Å². The van der Waals surface area contributed by atoms with Gasteiger partial charge in [0.25, 0.3) is 0 Å². The number of aliphatic hydroxyl groups is 1. The zero-order chi connectivity index (χ0) is 62.8. The lowest BCUT2D eigenvalue weighted by Crippen LogP contribution is -2.30. The number of phosphoric ester groups is 2. The van der Waals surface area contributed by atoms with Crippen molar-refractivity contribution in [2.45, 2.75) is 355 Å². The number of carbonyl (C=O) groups excluding carboxylic acids is 4. The van der Waals surface area contributed by atoms with Crippen molar-refractivity contribution in [3.63, 3.8) is 0 Å². The van der Waals surface area contributed by atoms with Crippen molar-refractivity contribution in [2.75, 3.05) is 39.6 Å². The molecule has 0 aromatic heterocycles. The van der Waals surface area contributed by atoms with Gasteiger partial charge in [0.15, 0.2) is 12.2 Å². The molecule has 19 heteroatoms. The first-order valence-electron chi connectivity index (χ1n) is 34.6. The fraction of sp³-hybridized carbons (Fsp3) is 0.939. The molecule has 0 aromatic rings. The Kier molecular flexibility index (Phi) is 58.3. The van der Waals surface area contributed by atoms with Crippen molar-refractivity contribution in [1.82, 2.24) is 0 Å². The van der Waals surface area contributed by atoms with Crippen molar-refractivity contribution in [3.05, 3.63) is 0 Å². The summed E-state index contributed by atoms with van der Waals surface area (Å²) in [6, 6.07) is 0. The first-order valence-corrected chi connectivity index (χ1v) is 37.6. The summed E-state index contributed by atoms with van der Waals surface area (Å²) in [5.74, 6) is -1.37. The first-order chi connectivity index (χ1) is 41.0. The molecule has 0 rings (SSSR count). The number of hydrogen-bond donors (Lipinski definition) is 3. The lowest BCUT2D eigenvalue weighted by atomic mass is 10.0. The normalized spacial score (nSPS) is 14.2. The molecule has 0 bridgehead atoms. The van der Waals surface area contributed by atoms with Gasteiger partial charge in [-0.1, -0.05) is 285 Å². The highest BCUT2D eigenvalue weighted by Crippen LogP contribution is 2.45. The maximum atomic E-state index is 13.0. The van der Waals surface area contributed by atoms with E-state index in [1.807, 2.05) is 0 Å². The molecule has 5 atom stereocenters. The van der Waals surface area contributed by atoms with Crippen LogP contribution in [0.1, 0.15) is 336 Å². The molecule has 0 aromatic carbocycles. The van der Waals surface area contributed by atoms with E-state index in [9.17, 15) is 43.2 Å². The topological polar surface area (TPSA) is 237 Å². The summed E-state index contributed by atoms with van der Waals surface area (Å²) in [5.41, 5.74) is 0. The van der Waals surface area contributed by atoms with Gasteiger partial charge in [-0.3, -0.25) is 37.3 Å². The van der Waals surface area contributed by atoms with Crippen LogP contribution in [0.5, 0.6) is 0 Å². The minimum atomic E-state index is -4.95. The molecule has 17 nitrogen and oxygen atoms in total. The summed E-state index contributed by atoms with van der Waals surface area (Å²) in [6.07, 6.45) is 44.4. The van der Waals surface area contributed by atoms with E-state index < -0.39 is 97.5 Å². The predicted molar refractivity (Wildman–Crippen MR) is 340 cm³/mol. The Morgan fingerprint density at radius 1 is 0.318 bits per heavy atom. The molecule has 0 aliphatic heterocycles. The summed E-state index contributed by atoms with van der Waals surface area (Å²) in [6.45, 7) is 7.18. The van der Waals surface area contributed by atoms with Gasteiger partial charge in [0.2, 0.25) is 0 Å². The highest BCUT2D eigenvalue weighted by Gasteiger charge is 2.30. The number of carbonyl (C=O) groups is 4. The Hall–Kier alpha value is -1.94. The van der Waals surface area contributed by atoms with Crippen LogP contribution in [0.15, 0.2) is 0 Å². The van der Waals surface area contributed by atoms with Crippen LogP contribution < -0.4 is 0 Å². The molecule has 504 valence electrons. The molecular weight excluding hydrogens is 1130 g/mol. The number of esters is 4. The van der Waals surface area contributed by atoms with Crippen LogP contribution in [-0.2, 0) is 65.4 Å². The number of ether oxygens (including phenoxy) is 4. The average Bonchev–Trinajstić information content (AvgIpc) is 3.50. The zero-order valence-corrected chi connectivity index (χ0v) is 56.5. The molecule has 85 heavy (non-hydrogen) atoms. The van der Waals surface area contributed by atoms with Crippen LogP contribution >= 0.6 is 15.6 Å². The van der Waals surface area contributed by atoms with Crippen LogP contribution in [0.4, 0.5) is 0 Å². The molecular formula is C66H128O17P2. The molecule has 0 saturated carbocycles. The summed E-state index contributed by atoms with van der Waals surface area (Å²) in [7, 11) is -9.89. The fourth-order valence-electron chi connectivity index (χ4n) is 9.94. The largest absolute Gasteiger partial charge is 0.472 e. The summed E-state index contributed by atoms with van der Waals surface area (Å²) in [4.78, 5) is 72.2. The smallest absolute Gasteiger partial charge is 0.462 e. The molecule has 0 radical (unpaired) electrons. The Balaban J connectivity index is 5.22. The van der Waals surface area contributed by atoms with Gasteiger partial charge in [-0.25, -0.2) is 9.13 Å². The van der Waals surface area contributed by atoms with E-state index in [1.54, 1.807) is 0 Å². The lowest BCUT2D eigenvalue weighted by molar-refractivity contribution is -0.161. The lowest BCUT2D eigenvalue weighted by Gasteiger charge is -2.21. The maximum Gasteiger partial charge on any atom is 0.472 e. The van der Waals surface area contributed by atoms with Gasteiger partial charge in [0.1, 0.15) is 19.3 Å². The van der Waals surface area contributed by atoms with Crippen LogP contribution in [0.25, 0.3) is 0 Å². The van der Waals surface area contributed by atoms with Crippen molar-refractivity contribution >= 4 is 39.5 Å². The second kappa shape index (κ2) is 59.7. The minimum absolute atomic E-state index is 0.106. The minimum Gasteiger partial charge on any atom is -0.462 e. The fourth-order valence-corrected chi connectivity index (χ4v) is 11.5. The molecule has 0 fully saturated rings. The monoisotopic (exact) mass is 1250 g/mol. The van der Waals surface area contributed by atoms with Gasteiger partial charge < -0.3 is 33.8 Å². The highest BCUT2D eigenvalue weighted by atomic mass is 31.2.